The highest BCUT2D eigenvalue weighted by Crippen LogP contribution is 2.20. The van der Waals surface area contributed by atoms with E-state index in [9.17, 15) is 4.79 Å². The van der Waals surface area contributed by atoms with Crippen LogP contribution in [0.1, 0.15) is 5.56 Å². The van der Waals surface area contributed by atoms with E-state index in [1.54, 1.807) is 18.2 Å². The minimum atomic E-state index is -0.694. The molecular weight excluding hydrogens is 194 g/mol. The number of hydrogen-bond acceptors (Lipinski definition) is 4. The maximum absolute atomic E-state index is 11.2. The van der Waals surface area contributed by atoms with Crippen LogP contribution in [-0.2, 0) is 0 Å². The van der Waals surface area contributed by atoms with E-state index in [0.29, 0.717) is 5.39 Å². The topological polar surface area (TPSA) is 82.2 Å². The second-order valence-corrected chi connectivity index (χ2v) is 2.88. The van der Waals surface area contributed by atoms with Crippen LogP contribution in [0.25, 0.3) is 15.9 Å². The SMILES string of the molecule is N#Cc1cc2ccc([N+]#N)cc2oc1=O. The van der Waals surface area contributed by atoms with Gasteiger partial charge in [-0.05, 0) is 12.1 Å². The molecule has 0 N–H and O–H groups in total. The first-order valence-corrected chi connectivity index (χ1v) is 4.07. The smallest absolute Gasteiger partial charge is 0.388 e. The van der Waals surface area contributed by atoms with Gasteiger partial charge in [-0.1, -0.05) is 0 Å². The highest BCUT2D eigenvalue weighted by atomic mass is 16.4. The number of fused-ring (bicyclic) bond motifs is 1. The third-order valence-electron chi connectivity index (χ3n) is 1.96. The Bertz CT molecular complexity index is 674. The molecule has 2 rings (SSSR count). The van der Waals surface area contributed by atoms with Gasteiger partial charge in [-0.2, -0.15) is 5.26 Å². The van der Waals surface area contributed by atoms with E-state index < -0.39 is 5.63 Å². The second-order valence-electron chi connectivity index (χ2n) is 2.88. The first-order valence-electron chi connectivity index (χ1n) is 4.07. The van der Waals surface area contributed by atoms with E-state index >= 15 is 0 Å². The molecule has 5 heteroatoms. The minimum Gasteiger partial charge on any atom is -0.421 e. The molecule has 0 amide bonds. The van der Waals surface area contributed by atoms with Gasteiger partial charge in [-0.15, -0.1) is 0 Å². The zero-order valence-corrected chi connectivity index (χ0v) is 7.47. The fraction of sp³-hybridized carbons (Fsp3) is 0. The number of nitriles is 1. The van der Waals surface area contributed by atoms with Crippen LogP contribution in [0.3, 0.4) is 0 Å². The van der Waals surface area contributed by atoms with Gasteiger partial charge in [0, 0.05) is 11.5 Å². The highest BCUT2D eigenvalue weighted by Gasteiger charge is 2.09. The van der Waals surface area contributed by atoms with Crippen molar-refractivity contribution in [2.24, 2.45) is 0 Å². The van der Waals surface area contributed by atoms with Crippen LogP contribution >= 0.6 is 0 Å². The molecule has 0 saturated heterocycles. The van der Waals surface area contributed by atoms with Crippen LogP contribution in [0.5, 0.6) is 0 Å². The van der Waals surface area contributed by atoms with Gasteiger partial charge in [0.25, 0.3) is 0 Å². The summed E-state index contributed by atoms with van der Waals surface area (Å²) in [6.07, 6.45) is 0. The fourth-order valence-electron chi connectivity index (χ4n) is 1.24. The molecule has 0 radical (unpaired) electrons. The van der Waals surface area contributed by atoms with Crippen molar-refractivity contribution in [1.29, 1.82) is 10.7 Å². The van der Waals surface area contributed by atoms with Crippen LogP contribution in [0.15, 0.2) is 33.5 Å². The maximum Gasteiger partial charge on any atom is 0.388 e. The number of diazo groups is 1. The summed E-state index contributed by atoms with van der Waals surface area (Å²) in [6.45, 7) is 0. The summed E-state index contributed by atoms with van der Waals surface area (Å²) in [4.78, 5) is 14.1. The summed E-state index contributed by atoms with van der Waals surface area (Å²) in [5, 5.41) is 17.7. The van der Waals surface area contributed by atoms with Gasteiger partial charge in [-0.3, -0.25) is 0 Å². The normalized spacial score (nSPS) is 9.47. The van der Waals surface area contributed by atoms with E-state index in [4.69, 9.17) is 15.1 Å². The molecule has 0 aliphatic carbocycles. The van der Waals surface area contributed by atoms with Crippen LogP contribution in [0.2, 0.25) is 0 Å². The Kier molecular flexibility index (Phi) is 1.93. The number of benzene rings is 1. The van der Waals surface area contributed by atoms with Crippen molar-refractivity contribution in [3.63, 3.8) is 0 Å². The minimum absolute atomic E-state index is 0.0452. The lowest BCUT2D eigenvalue weighted by atomic mass is 10.2. The predicted molar refractivity (Wildman–Crippen MR) is 51.9 cm³/mol. The van der Waals surface area contributed by atoms with Gasteiger partial charge in [0.1, 0.15) is 17.2 Å². The molecule has 2 aromatic rings. The Morgan fingerprint density at radius 3 is 2.80 bits per heavy atom. The largest absolute Gasteiger partial charge is 0.421 e. The molecule has 5 nitrogen and oxygen atoms in total. The van der Waals surface area contributed by atoms with Crippen LogP contribution in [0, 0.1) is 16.7 Å². The second kappa shape index (κ2) is 3.24. The van der Waals surface area contributed by atoms with E-state index in [2.05, 4.69) is 4.98 Å². The van der Waals surface area contributed by atoms with Gasteiger partial charge in [0.2, 0.25) is 5.39 Å². The summed E-state index contributed by atoms with van der Waals surface area (Å²) in [6, 6.07) is 7.73. The Hall–Kier alpha value is -2.66. The molecule has 1 aromatic carbocycles. The average molecular weight is 198 g/mol. The average Bonchev–Trinajstić information content (AvgIpc) is 2.27. The van der Waals surface area contributed by atoms with Crippen molar-refractivity contribution in [3.8, 4) is 6.07 Å². The molecule has 0 aliphatic rings. The zero-order valence-electron chi connectivity index (χ0n) is 7.47. The van der Waals surface area contributed by atoms with Crippen molar-refractivity contribution in [2.45, 2.75) is 0 Å². The van der Waals surface area contributed by atoms with Gasteiger partial charge in [-0.25, -0.2) is 4.79 Å². The lowest BCUT2D eigenvalue weighted by molar-refractivity contribution is 0.559. The summed E-state index contributed by atoms with van der Waals surface area (Å²) < 4.78 is 4.88. The van der Waals surface area contributed by atoms with Crippen LogP contribution in [-0.4, -0.2) is 0 Å². The Balaban J connectivity index is 2.85. The van der Waals surface area contributed by atoms with Gasteiger partial charge in [0.15, 0.2) is 4.98 Å². The molecule has 15 heavy (non-hydrogen) atoms. The van der Waals surface area contributed by atoms with Gasteiger partial charge >= 0.3 is 11.3 Å². The lowest BCUT2D eigenvalue weighted by Gasteiger charge is -1.93. The molecule has 0 unspecified atom stereocenters. The Labute approximate surface area is 83.8 Å². The zero-order chi connectivity index (χ0) is 10.8. The molecule has 1 aromatic heterocycles. The van der Waals surface area contributed by atoms with Crippen molar-refractivity contribution >= 4 is 16.7 Å². The monoisotopic (exact) mass is 198 g/mol. The first-order chi connectivity index (χ1) is 7.24. The number of rotatable bonds is 0. The third-order valence-corrected chi connectivity index (χ3v) is 1.96. The molecule has 0 saturated carbocycles. The molecular formula is C10H4N3O2+. The fourth-order valence-corrected chi connectivity index (χ4v) is 1.24. The summed E-state index contributed by atoms with van der Waals surface area (Å²) >= 11 is 0. The number of nitrogens with zero attached hydrogens (tertiary/aromatic N) is 3. The van der Waals surface area contributed by atoms with Gasteiger partial charge in [0.05, 0.1) is 6.07 Å². The van der Waals surface area contributed by atoms with E-state index in [0.717, 1.165) is 0 Å². The van der Waals surface area contributed by atoms with E-state index in [1.165, 1.54) is 12.1 Å². The van der Waals surface area contributed by atoms with Crippen LogP contribution < -0.4 is 5.63 Å². The molecule has 0 atom stereocenters. The van der Waals surface area contributed by atoms with Crippen LogP contribution in [0.4, 0.5) is 5.69 Å². The standard InChI is InChI=1S/C10H4N3O2/c11-5-7-3-6-1-2-8(13-12)4-9(6)15-10(7)14/h1-4H/q+1. The molecule has 1 heterocycles. The Morgan fingerprint density at radius 1 is 1.33 bits per heavy atom. The predicted octanol–water partition coefficient (Wildman–Crippen LogP) is 2.15. The van der Waals surface area contributed by atoms with Crippen molar-refractivity contribution in [1.82, 2.24) is 0 Å². The van der Waals surface area contributed by atoms with E-state index in [-0.39, 0.29) is 16.8 Å². The lowest BCUT2D eigenvalue weighted by Crippen LogP contribution is -2.02. The molecule has 0 bridgehead atoms. The molecule has 0 aliphatic heterocycles. The van der Waals surface area contributed by atoms with Gasteiger partial charge < -0.3 is 4.42 Å². The maximum atomic E-state index is 11.2. The summed E-state index contributed by atoms with van der Waals surface area (Å²) in [5.41, 5.74) is -0.166. The number of hydrogen-bond donors (Lipinski definition) is 0. The third kappa shape index (κ3) is 1.43. The highest BCUT2D eigenvalue weighted by molar-refractivity contribution is 5.81. The van der Waals surface area contributed by atoms with Crippen molar-refractivity contribution in [3.05, 3.63) is 45.2 Å². The molecule has 0 spiro atoms. The van der Waals surface area contributed by atoms with Crippen molar-refractivity contribution in [2.75, 3.05) is 0 Å². The summed E-state index contributed by atoms with van der Waals surface area (Å²) in [5.74, 6) is 0. The first kappa shape index (κ1) is 8.92. The summed E-state index contributed by atoms with van der Waals surface area (Å²) in [7, 11) is 0. The van der Waals surface area contributed by atoms with E-state index in [1.807, 2.05) is 0 Å². The quantitative estimate of drug-likeness (QED) is 0.479. The van der Waals surface area contributed by atoms with Crippen molar-refractivity contribution < 1.29 is 4.42 Å². The molecule has 70 valence electrons. The Morgan fingerprint density at radius 2 is 2.13 bits per heavy atom. The molecule has 0 fully saturated rings.